The second-order valence-corrected chi connectivity index (χ2v) is 9.16. The number of carbonyl (C=O) groups is 3. The first-order chi connectivity index (χ1) is 16.1. The Hall–Kier alpha value is -3.15. The van der Waals surface area contributed by atoms with Crippen molar-refractivity contribution in [3.8, 4) is 0 Å². The van der Waals surface area contributed by atoms with Gasteiger partial charge in [-0.15, -0.1) is 0 Å². The second kappa shape index (κ2) is 11.1. The van der Waals surface area contributed by atoms with Gasteiger partial charge in [0, 0.05) is 19.5 Å². The van der Waals surface area contributed by atoms with Crippen molar-refractivity contribution in [3.63, 3.8) is 0 Å². The molecule has 0 aromatic heterocycles. The number of hydrogen-bond donors (Lipinski definition) is 2. The van der Waals surface area contributed by atoms with Gasteiger partial charge in [-0.3, -0.25) is 14.4 Å². The Bertz CT molecular complexity index is 942. The van der Waals surface area contributed by atoms with Crippen molar-refractivity contribution in [1.82, 2.24) is 15.5 Å². The average molecular weight is 448 g/mol. The highest BCUT2D eigenvalue weighted by Gasteiger charge is 2.38. The maximum Gasteiger partial charge on any atom is 0.250 e. The van der Waals surface area contributed by atoms with Crippen LogP contribution in [0.15, 0.2) is 60.7 Å². The molecule has 2 aliphatic rings. The summed E-state index contributed by atoms with van der Waals surface area (Å²) in [5.74, 6) is -0.0414. The summed E-state index contributed by atoms with van der Waals surface area (Å²) in [7, 11) is 0. The smallest absolute Gasteiger partial charge is 0.250 e. The predicted molar refractivity (Wildman–Crippen MR) is 127 cm³/mol. The molecule has 1 aliphatic heterocycles. The van der Waals surface area contributed by atoms with Gasteiger partial charge in [-0.1, -0.05) is 73.5 Å². The standard InChI is InChI=1S/C27H33N3O3/c31-24(18-20-10-7-8-11-20)29-25(22-14-5-2-6-15-22)27(33)30-17-9-16-23(30)26(32)28-19-21-12-3-1-4-13-21/h1-6,12-15,20,23,25H,7-11,16-19H2,(H,28,32)(H,29,31)/t23-,25-/m0/s1. The first-order valence-corrected chi connectivity index (χ1v) is 12.1. The van der Waals surface area contributed by atoms with Crippen molar-refractivity contribution < 1.29 is 14.4 Å². The van der Waals surface area contributed by atoms with Crippen molar-refractivity contribution in [2.75, 3.05) is 6.54 Å². The summed E-state index contributed by atoms with van der Waals surface area (Å²) in [6.45, 7) is 0.947. The van der Waals surface area contributed by atoms with Gasteiger partial charge in [0.05, 0.1) is 0 Å². The molecule has 2 N–H and O–H groups in total. The lowest BCUT2D eigenvalue weighted by atomic mass is 10.0. The van der Waals surface area contributed by atoms with Gasteiger partial charge in [-0.2, -0.15) is 0 Å². The van der Waals surface area contributed by atoms with Crippen LogP contribution in [-0.2, 0) is 20.9 Å². The fourth-order valence-corrected chi connectivity index (χ4v) is 5.00. The van der Waals surface area contributed by atoms with Crippen LogP contribution in [0.1, 0.15) is 62.1 Å². The van der Waals surface area contributed by atoms with Gasteiger partial charge in [-0.05, 0) is 42.7 Å². The zero-order chi connectivity index (χ0) is 23.0. The molecule has 6 heteroatoms. The van der Waals surface area contributed by atoms with Crippen LogP contribution in [0.3, 0.4) is 0 Å². The Balaban J connectivity index is 1.44. The van der Waals surface area contributed by atoms with E-state index in [1.165, 1.54) is 12.8 Å². The second-order valence-electron chi connectivity index (χ2n) is 9.16. The lowest BCUT2D eigenvalue weighted by Gasteiger charge is -2.29. The molecule has 0 spiro atoms. The minimum absolute atomic E-state index is 0.0895. The highest BCUT2D eigenvalue weighted by atomic mass is 16.2. The van der Waals surface area contributed by atoms with E-state index < -0.39 is 12.1 Å². The van der Waals surface area contributed by atoms with Crippen molar-refractivity contribution in [3.05, 3.63) is 71.8 Å². The number of carbonyl (C=O) groups excluding carboxylic acids is 3. The molecule has 2 atom stereocenters. The van der Waals surface area contributed by atoms with Crippen LogP contribution in [0.25, 0.3) is 0 Å². The van der Waals surface area contributed by atoms with Gasteiger partial charge in [-0.25, -0.2) is 0 Å². The molecule has 1 heterocycles. The van der Waals surface area contributed by atoms with Crippen molar-refractivity contribution in [1.29, 1.82) is 0 Å². The summed E-state index contributed by atoms with van der Waals surface area (Å²) in [4.78, 5) is 41.1. The van der Waals surface area contributed by atoms with Gasteiger partial charge in [0.1, 0.15) is 12.1 Å². The summed E-state index contributed by atoms with van der Waals surface area (Å²) in [5.41, 5.74) is 1.76. The normalized spacial score (nSPS) is 19.3. The topological polar surface area (TPSA) is 78.5 Å². The quantitative estimate of drug-likeness (QED) is 0.647. The number of rotatable bonds is 8. The largest absolute Gasteiger partial charge is 0.350 e. The monoisotopic (exact) mass is 447 g/mol. The maximum absolute atomic E-state index is 13.6. The van der Waals surface area contributed by atoms with E-state index in [0.717, 1.165) is 30.4 Å². The van der Waals surface area contributed by atoms with Gasteiger partial charge >= 0.3 is 0 Å². The molecule has 1 saturated carbocycles. The van der Waals surface area contributed by atoms with Crippen molar-refractivity contribution in [2.24, 2.45) is 5.92 Å². The molecule has 0 bridgehead atoms. The van der Waals surface area contributed by atoms with Gasteiger partial charge in [0.25, 0.3) is 0 Å². The SMILES string of the molecule is O=C(CC1CCCC1)N[C@H](C(=O)N1CCC[C@H]1C(=O)NCc1ccccc1)c1ccccc1. The first-order valence-electron chi connectivity index (χ1n) is 12.1. The summed E-state index contributed by atoms with van der Waals surface area (Å²) in [6.07, 6.45) is 6.35. The molecule has 174 valence electrons. The minimum atomic E-state index is -0.775. The van der Waals surface area contributed by atoms with E-state index in [4.69, 9.17) is 0 Å². The Morgan fingerprint density at radius 3 is 2.24 bits per heavy atom. The third-order valence-electron chi connectivity index (χ3n) is 6.78. The van der Waals surface area contributed by atoms with Crippen LogP contribution in [0.2, 0.25) is 0 Å². The lowest BCUT2D eigenvalue weighted by Crippen LogP contribution is -2.50. The Morgan fingerprint density at radius 2 is 1.55 bits per heavy atom. The zero-order valence-electron chi connectivity index (χ0n) is 19.0. The zero-order valence-corrected chi connectivity index (χ0v) is 19.0. The number of amides is 3. The van der Waals surface area contributed by atoms with E-state index in [-0.39, 0.29) is 17.7 Å². The highest BCUT2D eigenvalue weighted by molar-refractivity contribution is 5.93. The lowest BCUT2D eigenvalue weighted by molar-refractivity contribution is -0.141. The fourth-order valence-electron chi connectivity index (χ4n) is 5.00. The fraction of sp³-hybridized carbons (Fsp3) is 0.444. The van der Waals surface area contributed by atoms with E-state index in [2.05, 4.69) is 10.6 Å². The van der Waals surface area contributed by atoms with Gasteiger partial charge in [0.15, 0.2) is 0 Å². The molecule has 6 nitrogen and oxygen atoms in total. The molecule has 3 amide bonds. The maximum atomic E-state index is 13.6. The average Bonchev–Trinajstić information content (AvgIpc) is 3.54. The molecular weight excluding hydrogens is 414 g/mol. The van der Waals surface area contributed by atoms with Crippen LogP contribution >= 0.6 is 0 Å². The van der Waals surface area contributed by atoms with E-state index in [1.54, 1.807) is 4.90 Å². The van der Waals surface area contributed by atoms with Crippen LogP contribution in [0.4, 0.5) is 0 Å². The van der Waals surface area contributed by atoms with Crippen LogP contribution in [-0.4, -0.2) is 35.2 Å². The molecule has 0 radical (unpaired) electrons. The summed E-state index contributed by atoms with van der Waals surface area (Å²) in [6, 6.07) is 17.8. The van der Waals surface area contributed by atoms with Gasteiger partial charge in [0.2, 0.25) is 17.7 Å². The first kappa shape index (κ1) is 23.0. The summed E-state index contributed by atoms with van der Waals surface area (Å²) >= 11 is 0. The van der Waals surface area contributed by atoms with Crippen LogP contribution in [0.5, 0.6) is 0 Å². The number of nitrogens with zero attached hydrogens (tertiary/aromatic N) is 1. The Kier molecular flexibility index (Phi) is 7.76. The molecule has 2 aromatic rings. The van der Waals surface area contributed by atoms with Crippen molar-refractivity contribution in [2.45, 2.75) is 63.6 Å². The molecule has 2 fully saturated rings. The molecule has 1 aliphatic carbocycles. The molecule has 4 rings (SSSR count). The van der Waals surface area contributed by atoms with E-state index in [1.807, 2.05) is 60.7 Å². The van der Waals surface area contributed by atoms with E-state index in [0.29, 0.717) is 31.8 Å². The highest BCUT2D eigenvalue weighted by Crippen LogP contribution is 2.28. The minimum Gasteiger partial charge on any atom is -0.350 e. The molecule has 0 unspecified atom stereocenters. The molecular formula is C27H33N3O3. The number of likely N-dealkylation sites (tertiary alicyclic amines) is 1. The van der Waals surface area contributed by atoms with Crippen LogP contribution < -0.4 is 10.6 Å². The number of nitrogens with one attached hydrogen (secondary N) is 2. The summed E-state index contributed by atoms with van der Waals surface area (Å²) < 4.78 is 0. The van der Waals surface area contributed by atoms with E-state index >= 15 is 0 Å². The van der Waals surface area contributed by atoms with Gasteiger partial charge < -0.3 is 15.5 Å². The number of hydrogen-bond acceptors (Lipinski definition) is 3. The third-order valence-corrected chi connectivity index (χ3v) is 6.78. The molecule has 1 saturated heterocycles. The summed E-state index contributed by atoms with van der Waals surface area (Å²) in [5, 5.41) is 5.97. The molecule has 33 heavy (non-hydrogen) atoms. The van der Waals surface area contributed by atoms with E-state index in [9.17, 15) is 14.4 Å². The number of benzene rings is 2. The Morgan fingerprint density at radius 1 is 0.879 bits per heavy atom. The predicted octanol–water partition coefficient (Wildman–Crippen LogP) is 3.73. The third kappa shape index (κ3) is 6.01. The van der Waals surface area contributed by atoms with Crippen molar-refractivity contribution >= 4 is 17.7 Å². The Labute approximate surface area is 195 Å². The molecule has 2 aromatic carbocycles. The van der Waals surface area contributed by atoms with Crippen LogP contribution in [0, 0.1) is 5.92 Å².